The van der Waals surface area contributed by atoms with Gasteiger partial charge in [-0.1, -0.05) is 0 Å². The number of nitrogens with zero attached hydrogens (tertiary/aromatic N) is 2. The van der Waals surface area contributed by atoms with Gasteiger partial charge in [-0.25, -0.2) is 13.5 Å². The molecular formula is C12H14N4O3S2. The lowest BCUT2D eigenvalue weighted by molar-refractivity contribution is 0.102. The van der Waals surface area contributed by atoms with E-state index in [1.54, 1.807) is 0 Å². The Morgan fingerprint density at radius 2 is 2.14 bits per heavy atom. The van der Waals surface area contributed by atoms with Gasteiger partial charge < -0.3 is 0 Å². The number of carbonyl (C=O) groups excluding carboxylic acids is 1. The summed E-state index contributed by atoms with van der Waals surface area (Å²) in [4.78, 5) is 17.8. The number of nitrogens with one attached hydrogen (secondary N) is 2. The van der Waals surface area contributed by atoms with Crippen LogP contribution in [-0.4, -0.2) is 35.8 Å². The molecule has 2 N–H and O–H groups in total. The number of H-pyrrole nitrogens is 1. The van der Waals surface area contributed by atoms with Crippen LogP contribution in [0.15, 0.2) is 11.2 Å². The van der Waals surface area contributed by atoms with Crippen LogP contribution in [0.5, 0.6) is 0 Å². The molecule has 0 atom stereocenters. The quantitative estimate of drug-likeness (QED) is 0.887. The van der Waals surface area contributed by atoms with Crippen LogP contribution in [0.2, 0.25) is 0 Å². The van der Waals surface area contributed by atoms with Crippen LogP contribution in [0.1, 0.15) is 33.0 Å². The summed E-state index contributed by atoms with van der Waals surface area (Å²) >= 11 is 1.48. The molecule has 0 saturated heterocycles. The monoisotopic (exact) mass is 326 g/mol. The molecule has 0 saturated carbocycles. The maximum Gasteiger partial charge on any atom is 0.268 e. The van der Waals surface area contributed by atoms with Crippen LogP contribution in [0, 0.1) is 0 Å². The molecule has 2 aromatic heterocycles. The zero-order valence-electron chi connectivity index (χ0n) is 11.3. The number of sulfone groups is 1. The molecule has 0 fully saturated rings. The lowest BCUT2D eigenvalue weighted by Gasteiger charge is -2.08. The SMILES string of the molecule is CS(=O)(=O)c1nc(NC(=O)c2cc3c(s2)CCCC3)n[nH]1. The highest BCUT2D eigenvalue weighted by molar-refractivity contribution is 7.90. The summed E-state index contributed by atoms with van der Waals surface area (Å²) in [5, 5.41) is 8.23. The van der Waals surface area contributed by atoms with Crippen molar-refractivity contribution >= 4 is 33.0 Å². The van der Waals surface area contributed by atoms with Crippen molar-refractivity contribution in [2.24, 2.45) is 0 Å². The lowest BCUT2D eigenvalue weighted by atomic mass is 9.99. The van der Waals surface area contributed by atoms with E-state index in [-0.39, 0.29) is 17.0 Å². The Morgan fingerprint density at radius 1 is 1.38 bits per heavy atom. The van der Waals surface area contributed by atoms with Crippen molar-refractivity contribution in [2.45, 2.75) is 30.8 Å². The van der Waals surface area contributed by atoms with Gasteiger partial charge in [-0.2, -0.15) is 4.98 Å². The van der Waals surface area contributed by atoms with E-state index in [9.17, 15) is 13.2 Å². The Hall–Kier alpha value is -1.74. The molecule has 0 bridgehead atoms. The van der Waals surface area contributed by atoms with E-state index in [4.69, 9.17) is 0 Å². The number of hydrogen-bond donors (Lipinski definition) is 2. The topological polar surface area (TPSA) is 105 Å². The number of thiophene rings is 1. The van der Waals surface area contributed by atoms with E-state index in [0.29, 0.717) is 4.88 Å². The van der Waals surface area contributed by atoms with Gasteiger partial charge in [0.1, 0.15) is 0 Å². The normalized spacial score (nSPS) is 14.7. The Balaban J connectivity index is 1.77. The van der Waals surface area contributed by atoms with Crippen LogP contribution in [0.25, 0.3) is 0 Å². The van der Waals surface area contributed by atoms with Gasteiger partial charge in [0, 0.05) is 11.1 Å². The van der Waals surface area contributed by atoms with E-state index < -0.39 is 9.84 Å². The predicted octanol–water partition coefficient (Wildman–Crippen LogP) is 1.40. The smallest absolute Gasteiger partial charge is 0.268 e. The van der Waals surface area contributed by atoms with E-state index in [1.165, 1.54) is 21.8 Å². The fraction of sp³-hybridized carbons (Fsp3) is 0.417. The first kappa shape index (κ1) is 14.2. The highest BCUT2D eigenvalue weighted by Crippen LogP contribution is 2.29. The maximum atomic E-state index is 12.1. The molecule has 2 aromatic rings. The second-order valence-corrected chi connectivity index (χ2v) is 8.02. The third kappa shape index (κ3) is 2.98. The molecule has 21 heavy (non-hydrogen) atoms. The zero-order chi connectivity index (χ0) is 15.0. The fourth-order valence-electron chi connectivity index (χ4n) is 2.23. The number of rotatable bonds is 3. The van der Waals surface area contributed by atoms with Crippen molar-refractivity contribution in [2.75, 3.05) is 11.6 Å². The molecule has 1 aliphatic rings. The number of aromatic nitrogens is 3. The van der Waals surface area contributed by atoms with Gasteiger partial charge in [-0.15, -0.1) is 16.4 Å². The van der Waals surface area contributed by atoms with Crippen LogP contribution in [-0.2, 0) is 22.7 Å². The number of fused-ring (bicyclic) bond motifs is 1. The summed E-state index contributed by atoms with van der Waals surface area (Å²) in [6.07, 6.45) is 5.37. The Labute approximate surface area is 125 Å². The first-order valence-corrected chi connectivity index (χ1v) is 9.19. The largest absolute Gasteiger partial charge is 0.288 e. The molecule has 0 aliphatic heterocycles. The number of amides is 1. The first-order valence-electron chi connectivity index (χ1n) is 6.49. The van der Waals surface area contributed by atoms with Crippen molar-refractivity contribution in [1.29, 1.82) is 0 Å². The molecule has 112 valence electrons. The molecular weight excluding hydrogens is 312 g/mol. The average molecular weight is 326 g/mol. The first-order chi connectivity index (χ1) is 9.93. The standard InChI is InChI=1S/C12H14N4O3S2/c1-21(18,19)12-14-11(15-16-12)13-10(17)9-6-7-4-2-3-5-8(7)20-9/h6H,2-5H2,1H3,(H2,13,14,15,16,17). The van der Waals surface area contributed by atoms with Crippen molar-refractivity contribution in [3.8, 4) is 0 Å². The summed E-state index contributed by atoms with van der Waals surface area (Å²) in [5.41, 5.74) is 1.24. The van der Waals surface area contributed by atoms with Gasteiger partial charge in [0.05, 0.1) is 4.88 Å². The minimum absolute atomic E-state index is 0.0354. The summed E-state index contributed by atoms with van der Waals surface area (Å²) in [7, 11) is -3.46. The zero-order valence-corrected chi connectivity index (χ0v) is 13.0. The Kier molecular flexibility index (Phi) is 3.54. The van der Waals surface area contributed by atoms with Gasteiger partial charge in [0.25, 0.3) is 5.91 Å². The molecule has 7 nitrogen and oxygen atoms in total. The number of carbonyl (C=O) groups is 1. The van der Waals surface area contributed by atoms with E-state index in [2.05, 4.69) is 20.5 Å². The highest BCUT2D eigenvalue weighted by Gasteiger charge is 2.19. The van der Waals surface area contributed by atoms with Crippen molar-refractivity contribution < 1.29 is 13.2 Å². The minimum atomic E-state index is -3.46. The second-order valence-electron chi connectivity index (χ2n) is 4.96. The number of anilines is 1. The molecule has 1 aliphatic carbocycles. The molecule has 0 radical (unpaired) electrons. The summed E-state index contributed by atoms with van der Waals surface area (Å²) < 4.78 is 22.6. The van der Waals surface area contributed by atoms with Gasteiger partial charge in [-0.05, 0) is 37.3 Å². The summed E-state index contributed by atoms with van der Waals surface area (Å²) in [6, 6.07) is 1.90. The molecule has 1 amide bonds. The van der Waals surface area contributed by atoms with Crippen LogP contribution in [0.3, 0.4) is 0 Å². The molecule has 0 unspecified atom stereocenters. The second kappa shape index (κ2) is 5.23. The van der Waals surface area contributed by atoms with Crippen LogP contribution < -0.4 is 5.32 Å². The van der Waals surface area contributed by atoms with Crippen LogP contribution >= 0.6 is 11.3 Å². The molecule has 0 aromatic carbocycles. The molecule has 0 spiro atoms. The van der Waals surface area contributed by atoms with Crippen LogP contribution in [0.4, 0.5) is 5.95 Å². The summed E-state index contributed by atoms with van der Waals surface area (Å²) in [6.45, 7) is 0. The molecule has 2 heterocycles. The van der Waals surface area contributed by atoms with Crippen molar-refractivity contribution in [3.05, 3.63) is 21.4 Å². The number of aryl methyl sites for hydroxylation is 2. The van der Waals surface area contributed by atoms with E-state index in [1.807, 2.05) is 6.07 Å². The Bertz CT molecular complexity index is 768. The highest BCUT2D eigenvalue weighted by atomic mass is 32.2. The third-order valence-electron chi connectivity index (χ3n) is 3.26. The average Bonchev–Trinajstić information content (AvgIpc) is 3.03. The van der Waals surface area contributed by atoms with Crippen molar-refractivity contribution in [1.82, 2.24) is 15.2 Å². The van der Waals surface area contributed by atoms with Gasteiger partial charge in [0.2, 0.25) is 20.9 Å². The number of hydrogen-bond acceptors (Lipinski definition) is 6. The fourth-order valence-corrected chi connectivity index (χ4v) is 3.85. The summed E-state index contributed by atoms with van der Waals surface area (Å²) in [5.74, 6) is -0.347. The number of aromatic amines is 1. The third-order valence-corrected chi connectivity index (χ3v) is 5.38. The van der Waals surface area contributed by atoms with E-state index >= 15 is 0 Å². The Morgan fingerprint density at radius 3 is 2.81 bits per heavy atom. The van der Waals surface area contributed by atoms with Crippen molar-refractivity contribution in [3.63, 3.8) is 0 Å². The molecule has 9 heteroatoms. The lowest BCUT2D eigenvalue weighted by Crippen LogP contribution is -2.11. The predicted molar refractivity (Wildman–Crippen MR) is 78.4 cm³/mol. The molecule has 3 rings (SSSR count). The maximum absolute atomic E-state index is 12.1. The van der Waals surface area contributed by atoms with Gasteiger partial charge >= 0.3 is 0 Å². The van der Waals surface area contributed by atoms with Gasteiger partial charge in [0.15, 0.2) is 0 Å². The van der Waals surface area contributed by atoms with E-state index in [0.717, 1.165) is 31.9 Å². The van der Waals surface area contributed by atoms with Gasteiger partial charge in [-0.3, -0.25) is 10.1 Å². The minimum Gasteiger partial charge on any atom is -0.288 e.